The van der Waals surface area contributed by atoms with E-state index in [0.29, 0.717) is 4.75 Å². The quantitative estimate of drug-likeness (QED) is 0.659. The molecule has 1 aromatic carbocycles. The zero-order valence-electron chi connectivity index (χ0n) is 8.34. The van der Waals surface area contributed by atoms with E-state index in [1.54, 1.807) is 0 Å². The molecule has 1 heteroatoms. The highest BCUT2D eigenvalue weighted by Crippen LogP contribution is 2.52. The van der Waals surface area contributed by atoms with E-state index in [4.69, 9.17) is 0 Å². The van der Waals surface area contributed by atoms with E-state index in [2.05, 4.69) is 38.1 Å². The molecule has 1 aliphatic heterocycles. The van der Waals surface area contributed by atoms with Gasteiger partial charge in [0, 0.05) is 10.5 Å². The minimum absolute atomic E-state index is 0.449. The zero-order chi connectivity index (χ0) is 9.31. The van der Waals surface area contributed by atoms with Gasteiger partial charge in [-0.2, -0.15) is 0 Å². The minimum Gasteiger partial charge on any atom is -0.148 e. The summed E-state index contributed by atoms with van der Waals surface area (Å²) in [5.74, 6) is 1.29. The monoisotopic (exact) mass is 192 g/mol. The fourth-order valence-corrected chi connectivity index (χ4v) is 2.27. The molecule has 1 atom stereocenters. The summed E-state index contributed by atoms with van der Waals surface area (Å²) in [6, 6.07) is 9.15. The maximum absolute atomic E-state index is 2.33. The van der Waals surface area contributed by atoms with Crippen molar-refractivity contribution in [1.29, 1.82) is 0 Å². The molecule has 13 heavy (non-hydrogen) atoms. The second-order valence-electron chi connectivity index (χ2n) is 3.97. The molecular formula is C12H16S. The molecule has 2 rings (SSSR count). The third-order valence-electron chi connectivity index (χ3n) is 2.68. The lowest BCUT2D eigenvalue weighted by atomic mass is 10.0. The van der Waals surface area contributed by atoms with Gasteiger partial charge in [0.2, 0.25) is 0 Å². The molecule has 1 aromatic rings. The summed E-state index contributed by atoms with van der Waals surface area (Å²) < 4.78 is 0.449. The van der Waals surface area contributed by atoms with Gasteiger partial charge in [-0.1, -0.05) is 37.6 Å². The summed E-state index contributed by atoms with van der Waals surface area (Å²) >= 11 is 2.04. The fraction of sp³-hybridized carbons (Fsp3) is 0.500. The first-order chi connectivity index (χ1) is 6.24. The summed E-state index contributed by atoms with van der Waals surface area (Å²) in [6.07, 6.45) is 2.45. The Balaban J connectivity index is 2.14. The zero-order valence-corrected chi connectivity index (χ0v) is 9.16. The maximum atomic E-state index is 2.33. The highest BCUT2D eigenvalue weighted by molar-refractivity contribution is 8.07. The molecule has 0 nitrogen and oxygen atoms in total. The van der Waals surface area contributed by atoms with Crippen LogP contribution in [-0.2, 0) is 11.2 Å². The molecule has 0 bridgehead atoms. The second kappa shape index (κ2) is 3.38. The van der Waals surface area contributed by atoms with E-state index in [0.717, 1.165) is 0 Å². The van der Waals surface area contributed by atoms with Crippen molar-refractivity contribution < 1.29 is 0 Å². The summed E-state index contributed by atoms with van der Waals surface area (Å²) in [4.78, 5) is 0. The average Bonchev–Trinajstić information content (AvgIpc) is 2.87. The van der Waals surface area contributed by atoms with Gasteiger partial charge in [0.15, 0.2) is 0 Å². The summed E-state index contributed by atoms with van der Waals surface area (Å²) in [5, 5.41) is 0. The van der Waals surface area contributed by atoms with Crippen molar-refractivity contribution in [3.8, 4) is 0 Å². The van der Waals surface area contributed by atoms with Crippen LogP contribution in [0.4, 0.5) is 0 Å². The standard InChI is InChI=1S/C12H16S/c1-3-4-10-5-7-11(8-6-10)12(2)9-13-12/h5-8H,3-4,9H2,1-2H3. The van der Waals surface area contributed by atoms with Crippen molar-refractivity contribution in [2.75, 3.05) is 5.75 Å². The van der Waals surface area contributed by atoms with Gasteiger partial charge < -0.3 is 0 Å². The Morgan fingerprint density at radius 3 is 2.38 bits per heavy atom. The number of hydrogen-bond donors (Lipinski definition) is 0. The van der Waals surface area contributed by atoms with Crippen molar-refractivity contribution in [3.63, 3.8) is 0 Å². The highest BCUT2D eigenvalue weighted by atomic mass is 32.2. The van der Waals surface area contributed by atoms with Crippen molar-refractivity contribution in [1.82, 2.24) is 0 Å². The van der Waals surface area contributed by atoms with Gasteiger partial charge in [-0.3, -0.25) is 0 Å². The predicted octanol–water partition coefficient (Wildman–Crippen LogP) is 3.60. The fourth-order valence-electron chi connectivity index (χ4n) is 1.59. The van der Waals surface area contributed by atoms with Gasteiger partial charge in [-0.05, 0) is 24.5 Å². The van der Waals surface area contributed by atoms with E-state index in [9.17, 15) is 0 Å². The van der Waals surface area contributed by atoms with Crippen molar-refractivity contribution >= 4 is 11.8 Å². The molecule has 1 unspecified atom stereocenters. The number of thioether (sulfide) groups is 1. The second-order valence-corrected chi connectivity index (χ2v) is 5.44. The number of benzene rings is 1. The van der Waals surface area contributed by atoms with Crippen LogP contribution in [0.5, 0.6) is 0 Å². The van der Waals surface area contributed by atoms with E-state index < -0.39 is 0 Å². The van der Waals surface area contributed by atoms with E-state index in [1.807, 2.05) is 11.8 Å². The van der Waals surface area contributed by atoms with E-state index >= 15 is 0 Å². The Kier molecular flexibility index (Phi) is 2.37. The molecule has 0 aliphatic carbocycles. The van der Waals surface area contributed by atoms with Gasteiger partial charge in [0.1, 0.15) is 0 Å². The Hall–Kier alpha value is -0.430. The third-order valence-corrected chi connectivity index (χ3v) is 4.07. The molecule has 0 N–H and O–H groups in total. The lowest BCUT2D eigenvalue weighted by Gasteiger charge is -2.07. The lowest BCUT2D eigenvalue weighted by molar-refractivity contribution is 0.877. The molecule has 1 aliphatic rings. The topological polar surface area (TPSA) is 0 Å². The predicted molar refractivity (Wildman–Crippen MR) is 60.2 cm³/mol. The first kappa shape index (κ1) is 9.14. The summed E-state index contributed by atoms with van der Waals surface area (Å²) in [5.41, 5.74) is 2.97. The van der Waals surface area contributed by atoms with Crippen LogP contribution in [0.25, 0.3) is 0 Å². The van der Waals surface area contributed by atoms with E-state index in [1.165, 1.54) is 29.7 Å². The average molecular weight is 192 g/mol. The Bertz CT molecular complexity index is 282. The van der Waals surface area contributed by atoms with E-state index in [-0.39, 0.29) is 0 Å². The molecule has 1 saturated heterocycles. The molecule has 0 aromatic heterocycles. The molecule has 70 valence electrons. The lowest BCUT2D eigenvalue weighted by Crippen LogP contribution is -1.99. The van der Waals surface area contributed by atoms with Gasteiger partial charge in [-0.25, -0.2) is 0 Å². The molecule has 1 heterocycles. The number of rotatable bonds is 3. The molecule has 1 fully saturated rings. The van der Waals surface area contributed by atoms with Gasteiger partial charge in [0.25, 0.3) is 0 Å². The molecule has 0 amide bonds. The first-order valence-corrected chi connectivity index (χ1v) is 5.96. The summed E-state index contributed by atoms with van der Waals surface area (Å²) in [6.45, 7) is 4.55. The number of hydrogen-bond acceptors (Lipinski definition) is 1. The van der Waals surface area contributed by atoms with Crippen LogP contribution in [0.2, 0.25) is 0 Å². The normalized spacial score (nSPS) is 26.0. The molecule has 0 spiro atoms. The number of aryl methyl sites for hydroxylation is 1. The Labute approximate surface area is 84.7 Å². The Morgan fingerprint density at radius 1 is 1.31 bits per heavy atom. The van der Waals surface area contributed by atoms with Crippen molar-refractivity contribution in [3.05, 3.63) is 35.4 Å². The Morgan fingerprint density at radius 2 is 1.92 bits per heavy atom. The largest absolute Gasteiger partial charge is 0.148 e. The summed E-state index contributed by atoms with van der Waals surface area (Å²) in [7, 11) is 0. The van der Waals surface area contributed by atoms with Crippen LogP contribution in [0.15, 0.2) is 24.3 Å². The third kappa shape index (κ3) is 1.91. The van der Waals surface area contributed by atoms with Crippen LogP contribution in [0, 0.1) is 0 Å². The SMILES string of the molecule is CCCc1ccc(C2(C)CS2)cc1. The van der Waals surface area contributed by atoms with Crippen LogP contribution < -0.4 is 0 Å². The highest BCUT2D eigenvalue weighted by Gasteiger charge is 2.40. The van der Waals surface area contributed by atoms with Gasteiger partial charge in [0.05, 0.1) is 0 Å². The van der Waals surface area contributed by atoms with Crippen LogP contribution in [-0.4, -0.2) is 5.75 Å². The van der Waals surface area contributed by atoms with Gasteiger partial charge in [-0.15, -0.1) is 11.8 Å². The first-order valence-electron chi connectivity index (χ1n) is 4.98. The molecule has 0 radical (unpaired) electrons. The molecular weight excluding hydrogens is 176 g/mol. The van der Waals surface area contributed by atoms with Gasteiger partial charge >= 0.3 is 0 Å². The minimum atomic E-state index is 0.449. The smallest absolute Gasteiger partial charge is 0.0471 e. The van der Waals surface area contributed by atoms with Crippen LogP contribution >= 0.6 is 11.8 Å². The maximum Gasteiger partial charge on any atom is 0.0471 e. The van der Waals surface area contributed by atoms with Crippen molar-refractivity contribution in [2.24, 2.45) is 0 Å². The van der Waals surface area contributed by atoms with Crippen molar-refractivity contribution in [2.45, 2.75) is 31.4 Å². The van der Waals surface area contributed by atoms with Crippen LogP contribution in [0.3, 0.4) is 0 Å². The van der Waals surface area contributed by atoms with Crippen LogP contribution in [0.1, 0.15) is 31.4 Å². The molecule has 0 saturated carbocycles.